The minimum absolute atomic E-state index is 0.146. The van der Waals surface area contributed by atoms with Crippen LogP contribution >= 0.6 is 11.6 Å². The minimum Gasteiger partial charge on any atom is -0.399 e. The second kappa shape index (κ2) is 6.05. The molecule has 1 aromatic rings. The number of amides is 3. The van der Waals surface area contributed by atoms with Gasteiger partial charge in [0.05, 0.1) is 0 Å². The predicted octanol–water partition coefficient (Wildman–Crippen LogP) is -0.665. The standard InChI is InChI=1S/C11H13ClN4O3/c12-7-1-6(2-8(13)3-7)11(19)16(4-9(14)17)5-10(15)18/h1-3H,4-5,13H2,(H2,14,17)(H2,15,18). The summed E-state index contributed by atoms with van der Waals surface area (Å²) in [6.07, 6.45) is 0. The third-order valence-corrected chi connectivity index (χ3v) is 2.37. The highest BCUT2D eigenvalue weighted by molar-refractivity contribution is 6.31. The lowest BCUT2D eigenvalue weighted by molar-refractivity contribution is -0.121. The Morgan fingerprint density at radius 3 is 2.00 bits per heavy atom. The molecule has 0 saturated carbocycles. The molecule has 0 saturated heterocycles. The van der Waals surface area contributed by atoms with Crippen molar-refractivity contribution >= 4 is 35.0 Å². The molecule has 102 valence electrons. The van der Waals surface area contributed by atoms with Crippen LogP contribution in [0.4, 0.5) is 5.69 Å². The molecule has 3 amide bonds. The van der Waals surface area contributed by atoms with Gasteiger partial charge in [-0.3, -0.25) is 14.4 Å². The van der Waals surface area contributed by atoms with Gasteiger partial charge in [0.2, 0.25) is 11.8 Å². The minimum atomic E-state index is -0.760. The number of hydrogen-bond donors (Lipinski definition) is 3. The van der Waals surface area contributed by atoms with Crippen LogP contribution in [-0.2, 0) is 9.59 Å². The number of nitrogens with zero attached hydrogens (tertiary/aromatic N) is 1. The van der Waals surface area contributed by atoms with Crippen molar-refractivity contribution in [3.8, 4) is 0 Å². The largest absolute Gasteiger partial charge is 0.399 e. The molecule has 0 radical (unpaired) electrons. The van der Waals surface area contributed by atoms with Crippen molar-refractivity contribution in [2.24, 2.45) is 11.5 Å². The van der Waals surface area contributed by atoms with Gasteiger partial charge in [-0.1, -0.05) is 11.6 Å². The van der Waals surface area contributed by atoms with Crippen LogP contribution in [0, 0.1) is 0 Å². The Bertz CT molecular complexity index is 496. The molecular formula is C11H13ClN4O3. The first-order valence-electron chi connectivity index (χ1n) is 5.21. The van der Waals surface area contributed by atoms with Crippen molar-refractivity contribution < 1.29 is 14.4 Å². The fraction of sp³-hybridized carbons (Fsp3) is 0.182. The number of nitrogens with two attached hydrogens (primary N) is 3. The van der Waals surface area contributed by atoms with E-state index in [4.69, 9.17) is 28.8 Å². The number of benzene rings is 1. The van der Waals surface area contributed by atoms with E-state index >= 15 is 0 Å². The van der Waals surface area contributed by atoms with E-state index in [2.05, 4.69) is 0 Å². The Morgan fingerprint density at radius 1 is 1.05 bits per heavy atom. The molecule has 1 rings (SSSR count). The lowest BCUT2D eigenvalue weighted by Crippen LogP contribution is -2.43. The summed E-state index contributed by atoms with van der Waals surface area (Å²) in [4.78, 5) is 34.8. The van der Waals surface area contributed by atoms with E-state index in [0.717, 1.165) is 4.90 Å². The van der Waals surface area contributed by atoms with Gasteiger partial charge >= 0.3 is 0 Å². The van der Waals surface area contributed by atoms with E-state index in [1.54, 1.807) is 0 Å². The molecular weight excluding hydrogens is 272 g/mol. The van der Waals surface area contributed by atoms with Gasteiger partial charge in [0.15, 0.2) is 0 Å². The van der Waals surface area contributed by atoms with E-state index in [1.807, 2.05) is 0 Å². The normalized spacial score (nSPS) is 9.95. The molecule has 7 nitrogen and oxygen atoms in total. The van der Waals surface area contributed by atoms with Gasteiger partial charge in [-0.05, 0) is 18.2 Å². The average molecular weight is 285 g/mol. The summed E-state index contributed by atoms with van der Waals surface area (Å²) < 4.78 is 0. The SMILES string of the molecule is NC(=O)CN(CC(N)=O)C(=O)c1cc(N)cc(Cl)c1. The van der Waals surface area contributed by atoms with Crippen LogP contribution < -0.4 is 17.2 Å². The molecule has 0 bridgehead atoms. The third-order valence-electron chi connectivity index (χ3n) is 2.15. The smallest absolute Gasteiger partial charge is 0.254 e. The Kier molecular flexibility index (Phi) is 4.71. The number of carbonyl (C=O) groups excluding carboxylic acids is 3. The first kappa shape index (κ1) is 14.8. The van der Waals surface area contributed by atoms with Crippen LogP contribution in [-0.4, -0.2) is 35.7 Å². The monoisotopic (exact) mass is 284 g/mol. The summed E-state index contributed by atoms with van der Waals surface area (Å²) in [7, 11) is 0. The molecule has 0 aromatic heterocycles. The van der Waals surface area contributed by atoms with Gasteiger partial charge in [0.25, 0.3) is 5.91 Å². The summed E-state index contributed by atoms with van der Waals surface area (Å²) in [5.74, 6) is -2.12. The van der Waals surface area contributed by atoms with E-state index in [-0.39, 0.29) is 16.3 Å². The number of carbonyl (C=O) groups is 3. The number of hydrogen-bond acceptors (Lipinski definition) is 4. The summed E-state index contributed by atoms with van der Waals surface area (Å²) in [6, 6.07) is 4.21. The molecule has 0 aliphatic rings. The number of primary amides is 2. The van der Waals surface area contributed by atoms with Crippen molar-refractivity contribution in [1.29, 1.82) is 0 Å². The topological polar surface area (TPSA) is 133 Å². The molecule has 1 aromatic carbocycles. The van der Waals surface area contributed by atoms with Gasteiger partial charge in [0, 0.05) is 16.3 Å². The molecule has 0 aliphatic heterocycles. The molecule has 0 atom stereocenters. The van der Waals surface area contributed by atoms with Gasteiger partial charge in [-0.25, -0.2) is 0 Å². The lowest BCUT2D eigenvalue weighted by atomic mass is 10.1. The summed E-state index contributed by atoms with van der Waals surface area (Å²) >= 11 is 5.78. The van der Waals surface area contributed by atoms with E-state index in [9.17, 15) is 14.4 Å². The second-order valence-corrected chi connectivity index (χ2v) is 4.30. The number of halogens is 1. The lowest BCUT2D eigenvalue weighted by Gasteiger charge is -2.19. The van der Waals surface area contributed by atoms with Crippen LogP contribution in [0.5, 0.6) is 0 Å². The van der Waals surface area contributed by atoms with Gasteiger partial charge in [-0.15, -0.1) is 0 Å². The van der Waals surface area contributed by atoms with Crippen LogP contribution in [0.25, 0.3) is 0 Å². The quantitative estimate of drug-likeness (QED) is 0.619. The highest BCUT2D eigenvalue weighted by Crippen LogP contribution is 2.18. The van der Waals surface area contributed by atoms with Gasteiger partial charge < -0.3 is 22.1 Å². The molecule has 6 N–H and O–H groups in total. The van der Waals surface area contributed by atoms with Crippen LogP contribution in [0.3, 0.4) is 0 Å². The highest BCUT2D eigenvalue weighted by Gasteiger charge is 2.20. The molecule has 8 heteroatoms. The summed E-state index contributed by atoms with van der Waals surface area (Å²) in [6.45, 7) is -0.845. The molecule has 0 aliphatic carbocycles. The van der Waals surface area contributed by atoms with E-state index < -0.39 is 30.8 Å². The molecule has 0 spiro atoms. The summed E-state index contributed by atoms with van der Waals surface area (Å²) in [5, 5.41) is 0.265. The Labute approximate surface area is 114 Å². The predicted molar refractivity (Wildman–Crippen MR) is 70.2 cm³/mol. The molecule has 0 fully saturated rings. The second-order valence-electron chi connectivity index (χ2n) is 3.87. The van der Waals surface area contributed by atoms with Crippen molar-refractivity contribution in [2.45, 2.75) is 0 Å². The first-order valence-corrected chi connectivity index (χ1v) is 5.59. The zero-order valence-corrected chi connectivity index (χ0v) is 10.7. The molecule has 19 heavy (non-hydrogen) atoms. The number of nitrogen functional groups attached to an aromatic ring is 1. The van der Waals surface area contributed by atoms with E-state index in [1.165, 1.54) is 18.2 Å². The van der Waals surface area contributed by atoms with Crippen LogP contribution in [0.2, 0.25) is 5.02 Å². The first-order chi connectivity index (χ1) is 8.79. The molecule has 0 unspecified atom stereocenters. The summed E-state index contributed by atoms with van der Waals surface area (Å²) in [5.41, 5.74) is 16.0. The van der Waals surface area contributed by atoms with Crippen molar-refractivity contribution in [3.63, 3.8) is 0 Å². The van der Waals surface area contributed by atoms with Crippen molar-refractivity contribution in [1.82, 2.24) is 4.90 Å². The number of rotatable bonds is 5. The fourth-order valence-corrected chi connectivity index (χ4v) is 1.74. The van der Waals surface area contributed by atoms with Gasteiger partial charge in [-0.2, -0.15) is 0 Å². The maximum atomic E-state index is 12.1. The average Bonchev–Trinajstić information content (AvgIpc) is 2.24. The number of anilines is 1. The van der Waals surface area contributed by atoms with Gasteiger partial charge in [0.1, 0.15) is 13.1 Å². The Hall–Kier alpha value is -2.28. The fourth-order valence-electron chi connectivity index (χ4n) is 1.49. The Balaban J connectivity index is 3.03. The zero-order chi connectivity index (χ0) is 14.6. The maximum Gasteiger partial charge on any atom is 0.254 e. The van der Waals surface area contributed by atoms with E-state index in [0.29, 0.717) is 0 Å². The Morgan fingerprint density at radius 2 is 1.58 bits per heavy atom. The highest BCUT2D eigenvalue weighted by atomic mass is 35.5. The third kappa shape index (κ3) is 4.47. The zero-order valence-electron chi connectivity index (χ0n) is 9.93. The van der Waals surface area contributed by atoms with Crippen molar-refractivity contribution in [3.05, 3.63) is 28.8 Å². The van der Waals surface area contributed by atoms with Crippen molar-refractivity contribution in [2.75, 3.05) is 18.8 Å². The maximum absolute atomic E-state index is 12.1. The van der Waals surface area contributed by atoms with Crippen LogP contribution in [0.15, 0.2) is 18.2 Å². The van der Waals surface area contributed by atoms with Crippen LogP contribution in [0.1, 0.15) is 10.4 Å². The molecule has 0 heterocycles.